The number of hydrazine groups is 1. The van der Waals surface area contributed by atoms with Gasteiger partial charge in [0.05, 0.1) is 21.3 Å². The van der Waals surface area contributed by atoms with Crippen LogP contribution >= 0.6 is 23.2 Å². The van der Waals surface area contributed by atoms with Crippen molar-refractivity contribution in [2.24, 2.45) is 0 Å². The van der Waals surface area contributed by atoms with Crippen molar-refractivity contribution in [3.05, 3.63) is 57.3 Å². The molecule has 0 bridgehead atoms. The number of rotatable bonds is 3. The number of pyridine rings is 1. The van der Waals surface area contributed by atoms with Crippen LogP contribution in [0, 0.1) is 0 Å². The standard InChI is InChI=1S/C14H7Cl2F6N3O/c15-7-2-1-3-8(16)11(7)12(26)25-24-6-4-9(13(17,18)19)23-10(5-6)14(20,21)22/h1-5H,(H,23,24)(H,25,26). The number of alkyl halides is 6. The highest BCUT2D eigenvalue weighted by Gasteiger charge is 2.38. The van der Waals surface area contributed by atoms with E-state index in [0.29, 0.717) is 12.1 Å². The van der Waals surface area contributed by atoms with Crippen molar-refractivity contribution in [3.8, 4) is 0 Å². The maximum atomic E-state index is 12.7. The minimum absolute atomic E-state index is 0.0570. The Kier molecular flexibility index (Phi) is 5.57. The molecule has 0 radical (unpaired) electrons. The van der Waals surface area contributed by atoms with Gasteiger partial charge in [-0.1, -0.05) is 29.3 Å². The van der Waals surface area contributed by atoms with E-state index in [1.54, 1.807) is 0 Å². The van der Waals surface area contributed by atoms with Gasteiger partial charge < -0.3 is 0 Å². The van der Waals surface area contributed by atoms with Gasteiger partial charge in [-0.05, 0) is 24.3 Å². The molecule has 2 rings (SSSR count). The fourth-order valence-corrected chi connectivity index (χ4v) is 2.37. The third-order valence-electron chi connectivity index (χ3n) is 2.92. The Morgan fingerprint density at radius 2 is 1.38 bits per heavy atom. The summed E-state index contributed by atoms with van der Waals surface area (Å²) in [6.07, 6.45) is -10.2. The van der Waals surface area contributed by atoms with Gasteiger partial charge in [-0.15, -0.1) is 0 Å². The molecule has 0 unspecified atom stereocenters. The first-order valence-electron chi connectivity index (χ1n) is 6.56. The maximum absolute atomic E-state index is 12.7. The molecule has 140 valence electrons. The molecule has 2 N–H and O–H groups in total. The van der Waals surface area contributed by atoms with Crippen LogP contribution in [0.25, 0.3) is 0 Å². The lowest BCUT2D eigenvalue weighted by Crippen LogP contribution is -2.30. The van der Waals surface area contributed by atoms with E-state index >= 15 is 0 Å². The molecule has 0 spiro atoms. The molecule has 12 heteroatoms. The molecule has 1 aromatic heterocycles. The number of amides is 1. The monoisotopic (exact) mass is 417 g/mol. The van der Waals surface area contributed by atoms with Gasteiger partial charge in [0.1, 0.15) is 11.4 Å². The number of hydrogen-bond acceptors (Lipinski definition) is 3. The summed E-state index contributed by atoms with van der Waals surface area (Å²) in [4.78, 5) is 14.6. The molecule has 0 saturated carbocycles. The first kappa shape index (κ1) is 20.1. The first-order chi connectivity index (χ1) is 11.9. The highest BCUT2D eigenvalue weighted by Crippen LogP contribution is 2.35. The number of benzene rings is 1. The van der Waals surface area contributed by atoms with Crippen LogP contribution in [0.3, 0.4) is 0 Å². The molecule has 0 aliphatic heterocycles. The van der Waals surface area contributed by atoms with Crippen molar-refractivity contribution in [3.63, 3.8) is 0 Å². The van der Waals surface area contributed by atoms with Gasteiger partial charge in [-0.3, -0.25) is 15.6 Å². The van der Waals surface area contributed by atoms with Gasteiger partial charge >= 0.3 is 12.4 Å². The molecule has 4 nitrogen and oxygen atoms in total. The highest BCUT2D eigenvalue weighted by atomic mass is 35.5. The van der Waals surface area contributed by atoms with Gasteiger partial charge in [0.2, 0.25) is 0 Å². The summed E-state index contributed by atoms with van der Waals surface area (Å²) >= 11 is 11.6. The molecule has 0 aliphatic rings. The first-order valence-corrected chi connectivity index (χ1v) is 7.32. The van der Waals surface area contributed by atoms with Crippen LogP contribution in [0.1, 0.15) is 21.7 Å². The van der Waals surface area contributed by atoms with Gasteiger partial charge in [0.25, 0.3) is 5.91 Å². The average Bonchev–Trinajstić information content (AvgIpc) is 2.51. The van der Waals surface area contributed by atoms with E-state index in [1.165, 1.54) is 18.2 Å². The zero-order valence-electron chi connectivity index (χ0n) is 12.3. The Labute approximate surface area is 152 Å². The second-order valence-electron chi connectivity index (χ2n) is 4.80. The van der Waals surface area contributed by atoms with Gasteiger partial charge in [-0.25, -0.2) is 4.98 Å². The smallest absolute Gasteiger partial charge is 0.298 e. The van der Waals surface area contributed by atoms with Crippen LogP contribution in [0.4, 0.5) is 32.0 Å². The number of anilines is 1. The second kappa shape index (κ2) is 7.20. The largest absolute Gasteiger partial charge is 0.433 e. The summed E-state index contributed by atoms with van der Waals surface area (Å²) in [6, 6.07) is 4.73. The third-order valence-corrected chi connectivity index (χ3v) is 3.55. The molecule has 0 aliphatic carbocycles. The molecule has 1 amide bonds. The van der Waals surface area contributed by atoms with E-state index in [1.807, 2.05) is 10.9 Å². The molecule has 1 heterocycles. The number of nitrogens with zero attached hydrogens (tertiary/aromatic N) is 1. The summed E-state index contributed by atoms with van der Waals surface area (Å²) in [5, 5.41) is -0.114. The number of nitrogens with one attached hydrogen (secondary N) is 2. The predicted octanol–water partition coefficient (Wildman–Crippen LogP) is 5.18. The van der Waals surface area contributed by atoms with E-state index < -0.39 is 35.3 Å². The van der Waals surface area contributed by atoms with Crippen molar-refractivity contribution in [2.45, 2.75) is 12.4 Å². The van der Waals surface area contributed by atoms with Gasteiger partial charge in [-0.2, -0.15) is 26.3 Å². The predicted molar refractivity (Wildman–Crippen MR) is 81.8 cm³/mol. The topological polar surface area (TPSA) is 54.0 Å². The lowest BCUT2D eigenvalue weighted by molar-refractivity contribution is -0.150. The van der Waals surface area contributed by atoms with E-state index in [9.17, 15) is 31.1 Å². The lowest BCUT2D eigenvalue weighted by Gasteiger charge is -2.15. The van der Waals surface area contributed by atoms with Crippen molar-refractivity contribution < 1.29 is 31.1 Å². The second-order valence-corrected chi connectivity index (χ2v) is 5.61. The Morgan fingerprint density at radius 1 is 0.923 bits per heavy atom. The lowest BCUT2D eigenvalue weighted by atomic mass is 10.2. The molecule has 0 atom stereocenters. The van der Waals surface area contributed by atoms with E-state index in [4.69, 9.17) is 23.2 Å². The van der Waals surface area contributed by atoms with E-state index in [0.717, 1.165) is 0 Å². The number of hydrogen-bond donors (Lipinski definition) is 2. The summed E-state index contributed by atoms with van der Waals surface area (Å²) in [6.45, 7) is 0. The fraction of sp³-hybridized carbons (Fsp3) is 0.143. The Bertz CT molecular complexity index is 786. The molecule has 0 saturated heterocycles. The van der Waals surface area contributed by atoms with Crippen LogP contribution in [-0.2, 0) is 12.4 Å². The quantitative estimate of drug-likeness (QED) is 0.534. The molecule has 26 heavy (non-hydrogen) atoms. The molecular formula is C14H7Cl2F6N3O. The Balaban J connectivity index is 2.30. The number of carbonyl (C=O) groups is 1. The zero-order chi connectivity index (χ0) is 19.7. The Morgan fingerprint density at radius 3 is 1.81 bits per heavy atom. The van der Waals surface area contributed by atoms with Gasteiger partial charge in [0, 0.05) is 0 Å². The number of aromatic nitrogens is 1. The van der Waals surface area contributed by atoms with Crippen LogP contribution in [0.2, 0.25) is 10.0 Å². The van der Waals surface area contributed by atoms with Gasteiger partial charge in [0.15, 0.2) is 0 Å². The number of halogens is 8. The van der Waals surface area contributed by atoms with Crippen molar-refractivity contribution in [1.82, 2.24) is 10.4 Å². The van der Waals surface area contributed by atoms with E-state index in [-0.39, 0.29) is 15.6 Å². The van der Waals surface area contributed by atoms with Crippen LogP contribution < -0.4 is 10.9 Å². The SMILES string of the molecule is O=C(NNc1cc(C(F)(F)F)nc(C(F)(F)F)c1)c1c(Cl)cccc1Cl. The van der Waals surface area contributed by atoms with Crippen molar-refractivity contribution >= 4 is 34.8 Å². The molecule has 0 fully saturated rings. The van der Waals surface area contributed by atoms with E-state index in [2.05, 4.69) is 4.98 Å². The molecule has 2 aromatic rings. The highest BCUT2D eigenvalue weighted by molar-refractivity contribution is 6.39. The minimum atomic E-state index is -5.12. The normalized spacial score (nSPS) is 12.0. The summed E-state index contributed by atoms with van der Waals surface area (Å²) in [7, 11) is 0. The summed E-state index contributed by atoms with van der Waals surface area (Å²) in [5.74, 6) is -0.959. The van der Waals surface area contributed by atoms with Crippen molar-refractivity contribution in [2.75, 3.05) is 5.43 Å². The van der Waals surface area contributed by atoms with Crippen LogP contribution in [-0.4, -0.2) is 10.9 Å². The maximum Gasteiger partial charge on any atom is 0.433 e. The molecular weight excluding hydrogens is 411 g/mol. The zero-order valence-corrected chi connectivity index (χ0v) is 13.8. The summed E-state index contributed by atoms with van der Waals surface area (Å²) < 4.78 is 76.4. The third kappa shape index (κ3) is 4.70. The Hall–Kier alpha value is -2.20. The van der Waals surface area contributed by atoms with Crippen LogP contribution in [0.5, 0.6) is 0 Å². The average molecular weight is 418 g/mol. The summed E-state index contributed by atoms with van der Waals surface area (Å²) in [5.41, 5.74) is -0.545. The number of carbonyl (C=O) groups excluding carboxylic acids is 1. The molecule has 1 aromatic carbocycles. The van der Waals surface area contributed by atoms with Crippen LogP contribution in [0.15, 0.2) is 30.3 Å². The fourth-order valence-electron chi connectivity index (χ4n) is 1.80. The minimum Gasteiger partial charge on any atom is -0.298 e. The van der Waals surface area contributed by atoms with Crippen molar-refractivity contribution in [1.29, 1.82) is 0 Å².